The van der Waals surface area contributed by atoms with Crippen LogP contribution < -0.4 is 9.47 Å². The third-order valence-corrected chi connectivity index (χ3v) is 7.41. The Labute approximate surface area is 265 Å². The minimum Gasteiger partial charge on any atom is -0.497 e. The smallest absolute Gasteiger partial charge is 0.417 e. The molecule has 10 nitrogen and oxygen atoms in total. The SMILES string of the molecule is C.COc1ccc(-c2nnc(CO)s2)c(C(F)(F)F)c1.COc1ccc(-c2nnc(COS(C)(=O)=O)s2)c(C(F)(F)F)c1.[2H]CC. The first-order chi connectivity index (χ1) is 21.0. The van der Waals surface area contributed by atoms with Gasteiger partial charge in [0.2, 0.25) is 0 Å². The van der Waals surface area contributed by atoms with Crippen molar-refractivity contribution in [3.8, 4) is 32.6 Å². The molecule has 250 valence electrons. The van der Waals surface area contributed by atoms with E-state index in [1.54, 1.807) is 6.92 Å². The summed E-state index contributed by atoms with van der Waals surface area (Å²) in [6, 6.07) is 7.08. The van der Waals surface area contributed by atoms with Gasteiger partial charge in [0.15, 0.2) is 0 Å². The van der Waals surface area contributed by atoms with E-state index in [9.17, 15) is 34.8 Å². The highest BCUT2D eigenvalue weighted by Crippen LogP contribution is 2.41. The molecule has 0 aliphatic carbocycles. The van der Waals surface area contributed by atoms with Gasteiger partial charge in [-0.2, -0.15) is 34.8 Å². The highest BCUT2D eigenvalue weighted by Gasteiger charge is 2.36. The molecule has 0 aliphatic heterocycles. The van der Waals surface area contributed by atoms with Crippen LogP contribution in [0.2, 0.25) is 0 Å². The Morgan fingerprint density at radius 3 is 1.56 bits per heavy atom. The fourth-order valence-electron chi connectivity index (χ4n) is 3.15. The maximum Gasteiger partial charge on any atom is 0.417 e. The van der Waals surface area contributed by atoms with Gasteiger partial charge in [0.25, 0.3) is 10.1 Å². The molecular weight excluding hydrogens is 674 g/mol. The number of rotatable bonds is 8. The number of halogens is 6. The van der Waals surface area contributed by atoms with Gasteiger partial charge in [0, 0.05) is 12.5 Å². The van der Waals surface area contributed by atoms with Crippen LogP contribution in [0, 0.1) is 0 Å². The van der Waals surface area contributed by atoms with Crippen LogP contribution >= 0.6 is 22.7 Å². The Morgan fingerprint density at radius 2 is 1.22 bits per heavy atom. The third kappa shape index (κ3) is 11.5. The predicted octanol–water partition coefficient (Wildman–Crippen LogP) is 7.10. The van der Waals surface area contributed by atoms with E-state index >= 15 is 0 Å². The lowest BCUT2D eigenvalue weighted by Crippen LogP contribution is -2.07. The molecular formula is C26H30F6N4O6S3. The van der Waals surface area contributed by atoms with Gasteiger partial charge < -0.3 is 14.6 Å². The van der Waals surface area contributed by atoms with Crippen LogP contribution in [0.5, 0.6) is 11.5 Å². The van der Waals surface area contributed by atoms with Crippen LogP contribution in [0.1, 0.15) is 43.8 Å². The largest absolute Gasteiger partial charge is 0.497 e. The van der Waals surface area contributed by atoms with Gasteiger partial charge in [-0.15, -0.1) is 20.4 Å². The molecule has 4 aromatic rings. The van der Waals surface area contributed by atoms with Gasteiger partial charge >= 0.3 is 12.4 Å². The lowest BCUT2D eigenvalue weighted by atomic mass is 10.1. The zero-order chi connectivity index (χ0) is 34.0. The quantitative estimate of drug-likeness (QED) is 0.150. The standard InChI is InChI=1S/C12H11F3N2O4S2.C11H9F3N2O2S.C2H6.CH4/c1-20-7-3-4-8(9(5-7)12(13,14)15)11-17-16-10(22-11)6-21-23(2,18)19;1-18-6-2-3-7(8(4-6)11(12,13)14)10-16-15-9(5-17)19-10;1-2;/h3-5H,6H2,1-2H3;2-4,17H,5H2,1H3;1-2H3;1H4/i;;1D;. The Kier molecular flexibility index (Phi) is 14.1. The Balaban J connectivity index is 0.000000421. The van der Waals surface area contributed by atoms with Crippen molar-refractivity contribution in [2.45, 2.75) is 46.8 Å². The average Bonchev–Trinajstić information content (AvgIpc) is 3.65. The summed E-state index contributed by atoms with van der Waals surface area (Å²) >= 11 is 1.73. The second-order valence-corrected chi connectivity index (χ2v) is 11.7. The van der Waals surface area contributed by atoms with Gasteiger partial charge in [0.05, 0.1) is 38.2 Å². The van der Waals surface area contributed by atoms with Gasteiger partial charge in [-0.25, -0.2) is 0 Å². The topological polar surface area (TPSA) is 134 Å². The summed E-state index contributed by atoms with van der Waals surface area (Å²) in [4.78, 5) is 0. The van der Waals surface area contributed by atoms with Gasteiger partial charge in [-0.05, 0) is 36.4 Å². The number of ether oxygens (including phenoxy) is 2. The van der Waals surface area contributed by atoms with Gasteiger partial charge in [0.1, 0.15) is 38.1 Å². The van der Waals surface area contributed by atoms with E-state index in [2.05, 4.69) is 24.6 Å². The monoisotopic (exact) mass is 705 g/mol. The maximum atomic E-state index is 13.2. The number of aromatic nitrogens is 4. The molecule has 4 rings (SSSR count). The molecule has 1 N–H and O–H groups in total. The molecule has 0 spiro atoms. The molecule has 0 saturated carbocycles. The lowest BCUT2D eigenvalue weighted by molar-refractivity contribution is -0.138. The highest BCUT2D eigenvalue weighted by atomic mass is 32.2. The summed E-state index contributed by atoms with van der Waals surface area (Å²) < 4.78 is 121. The minimum atomic E-state index is -4.60. The minimum absolute atomic E-state index is 0. The molecule has 19 heteroatoms. The second-order valence-electron chi connectivity index (χ2n) is 7.94. The summed E-state index contributed by atoms with van der Waals surface area (Å²) in [6.07, 6.45) is -8.26. The predicted molar refractivity (Wildman–Crippen MR) is 157 cm³/mol. The zero-order valence-corrected chi connectivity index (χ0v) is 25.8. The van der Waals surface area contributed by atoms with E-state index in [1.165, 1.54) is 38.5 Å². The number of aliphatic hydroxyl groups excluding tert-OH is 1. The molecule has 0 fully saturated rings. The van der Waals surface area contributed by atoms with Crippen LogP contribution in [-0.4, -0.2) is 54.4 Å². The second kappa shape index (κ2) is 16.8. The van der Waals surface area contributed by atoms with Crippen molar-refractivity contribution in [3.63, 3.8) is 0 Å². The van der Waals surface area contributed by atoms with Crippen LogP contribution in [0.4, 0.5) is 26.3 Å². The normalized spacial score (nSPS) is 11.7. The number of aliphatic hydroxyl groups is 1. The van der Waals surface area contributed by atoms with Crippen LogP contribution in [0.15, 0.2) is 36.4 Å². The van der Waals surface area contributed by atoms with Crippen LogP contribution in [0.3, 0.4) is 0 Å². The number of benzene rings is 2. The molecule has 2 aromatic carbocycles. The molecule has 0 unspecified atom stereocenters. The molecule has 0 atom stereocenters. The van der Waals surface area contributed by atoms with E-state index in [4.69, 9.17) is 16.0 Å². The highest BCUT2D eigenvalue weighted by molar-refractivity contribution is 7.85. The number of alkyl halides is 6. The maximum absolute atomic E-state index is 13.2. The van der Waals surface area contributed by atoms with Crippen molar-refractivity contribution >= 4 is 32.8 Å². The first-order valence-electron chi connectivity index (χ1n) is 12.6. The first-order valence-corrected chi connectivity index (χ1v) is 15.3. The Bertz CT molecular complexity index is 1650. The first kappa shape index (κ1) is 37.8. The summed E-state index contributed by atoms with van der Waals surface area (Å²) in [5.41, 5.74) is -2.00. The molecule has 0 aliphatic rings. The summed E-state index contributed by atoms with van der Waals surface area (Å²) in [7, 11) is -1.12. The van der Waals surface area contributed by atoms with E-state index in [0.29, 0.717) is 6.90 Å². The average molecular weight is 706 g/mol. The van der Waals surface area contributed by atoms with Crippen molar-refractivity contribution in [2.24, 2.45) is 0 Å². The fraction of sp³-hybridized carbons (Fsp3) is 0.385. The van der Waals surface area contributed by atoms with Crippen molar-refractivity contribution in [1.29, 1.82) is 0 Å². The number of methoxy groups -OCH3 is 2. The zero-order valence-electron chi connectivity index (χ0n) is 24.4. The molecule has 0 saturated heterocycles. The fourth-order valence-corrected chi connectivity index (χ4v) is 5.08. The summed E-state index contributed by atoms with van der Waals surface area (Å²) in [5.74, 6) is 0.175. The molecule has 0 amide bonds. The van der Waals surface area contributed by atoms with Crippen molar-refractivity contribution in [1.82, 2.24) is 20.4 Å². The van der Waals surface area contributed by atoms with Gasteiger partial charge in [-0.3, -0.25) is 4.18 Å². The molecule has 45 heavy (non-hydrogen) atoms. The summed E-state index contributed by atoms with van der Waals surface area (Å²) in [6.45, 7) is 1.56. The van der Waals surface area contributed by atoms with E-state index < -0.39 is 33.6 Å². The van der Waals surface area contributed by atoms with Crippen molar-refractivity contribution in [2.75, 3.05) is 20.5 Å². The Hall–Kier alpha value is -3.39. The van der Waals surface area contributed by atoms with Crippen LogP contribution in [-0.2, 0) is 39.9 Å². The van der Waals surface area contributed by atoms with E-state index in [0.717, 1.165) is 41.1 Å². The van der Waals surface area contributed by atoms with E-state index in [-0.39, 0.29) is 63.3 Å². The Morgan fingerprint density at radius 1 is 0.822 bits per heavy atom. The van der Waals surface area contributed by atoms with Crippen LogP contribution in [0.25, 0.3) is 21.1 Å². The summed E-state index contributed by atoms with van der Waals surface area (Å²) in [5, 5.41) is 24.0. The lowest BCUT2D eigenvalue weighted by Gasteiger charge is -2.12. The number of nitrogens with zero attached hydrogens (tertiary/aromatic N) is 4. The van der Waals surface area contributed by atoms with Crippen molar-refractivity contribution < 1.29 is 54.9 Å². The molecule has 2 aromatic heterocycles. The van der Waals surface area contributed by atoms with Crippen molar-refractivity contribution in [3.05, 3.63) is 57.5 Å². The number of hydrogen-bond acceptors (Lipinski definition) is 12. The molecule has 0 radical (unpaired) electrons. The van der Waals surface area contributed by atoms with E-state index in [1.807, 2.05) is 0 Å². The molecule has 0 bridgehead atoms. The number of hydrogen-bond donors (Lipinski definition) is 1. The van der Waals surface area contributed by atoms with Gasteiger partial charge in [-0.1, -0.05) is 43.9 Å². The molecule has 2 heterocycles. The third-order valence-electron chi connectivity index (χ3n) is 4.99.